The molecule has 1 aromatic heterocycles. The molecule has 0 fully saturated rings. The molecule has 1 aliphatic heterocycles. The summed E-state index contributed by atoms with van der Waals surface area (Å²) < 4.78 is 114. The number of nitrogens with one attached hydrogen (secondary N) is 1. The van der Waals surface area contributed by atoms with E-state index in [1.165, 1.54) is 23.4 Å². The lowest BCUT2D eigenvalue weighted by Gasteiger charge is -2.42. The summed E-state index contributed by atoms with van der Waals surface area (Å²) in [5, 5.41) is 3.14. The minimum atomic E-state index is -2.56. The Balaban J connectivity index is 0.972. The number of nitrogens with zero attached hydrogens (tertiary/aromatic N) is 3. The molecule has 5 heteroatoms. The van der Waals surface area contributed by atoms with E-state index in [1.54, 1.807) is 24.3 Å². The van der Waals surface area contributed by atoms with Crippen molar-refractivity contribution in [3.05, 3.63) is 221 Å². The summed E-state index contributed by atoms with van der Waals surface area (Å²) in [7, 11) is 0. The van der Waals surface area contributed by atoms with Crippen molar-refractivity contribution in [1.82, 2.24) is 4.98 Å². The first-order valence-electron chi connectivity index (χ1n) is 33.8. The Morgan fingerprint density at radius 2 is 1.11 bits per heavy atom. The summed E-state index contributed by atoms with van der Waals surface area (Å²) in [6.45, 7) is 26.2. The van der Waals surface area contributed by atoms with Crippen molar-refractivity contribution in [2.24, 2.45) is 0 Å². The molecule has 0 atom stereocenters. The number of ether oxygens (including phenoxy) is 1. The third-order valence-electron chi connectivity index (χ3n) is 16.3. The van der Waals surface area contributed by atoms with Crippen LogP contribution in [-0.2, 0) is 27.1 Å². The number of pyridine rings is 1. The number of hydrogen-bond acceptors (Lipinski definition) is 5. The van der Waals surface area contributed by atoms with Gasteiger partial charge in [0.1, 0.15) is 24.0 Å². The first-order chi connectivity index (χ1) is 42.8. The zero-order valence-electron chi connectivity index (χ0n) is 60.6. The highest BCUT2D eigenvalue weighted by molar-refractivity contribution is 5.99. The Labute approximate surface area is 494 Å². The number of hydrogen-bond donors (Lipinski definition) is 1. The van der Waals surface area contributed by atoms with Crippen molar-refractivity contribution in [1.29, 1.82) is 0 Å². The van der Waals surface area contributed by atoms with Gasteiger partial charge >= 0.3 is 0 Å². The maximum atomic E-state index is 9.32. The standard InChI is InChI=1S/C75H80N4O/c1-49-39-69(76-47-63(49)52-33-36-64-65(42-52)75(13,14)38-37-74(64,11)12)77-66-28-19-18-25-60(66)51-31-34-58(35-32-51)80-59-45-56(73(8,9)10)44-57(46-59)78-48-79(68-30-21-20-29-67(68)78)70-61(50-23-16-15-17-24-50)26-22-27-62(70)53-40-54(71(2,3)4)43-55(41-53)72(5,6)7/h15-36,39-47H,37-38,48H2,1-14H3,(H,76,77)/i1D3,15D,16D,17D,18D,19D,23D,24D,25D,28D. The third kappa shape index (κ3) is 10.7. The van der Waals surface area contributed by atoms with Gasteiger partial charge in [0.25, 0.3) is 0 Å². The molecule has 5 nitrogen and oxygen atoms in total. The first kappa shape index (κ1) is 41.2. The van der Waals surface area contributed by atoms with Crippen LogP contribution in [0.2, 0.25) is 0 Å². The van der Waals surface area contributed by atoms with E-state index in [4.69, 9.17) is 20.7 Å². The number of aromatic nitrogens is 1. The number of fused-ring (bicyclic) bond motifs is 2. The van der Waals surface area contributed by atoms with Gasteiger partial charge in [-0.15, -0.1) is 0 Å². The van der Waals surface area contributed by atoms with Crippen LogP contribution >= 0.6 is 0 Å². The fraction of sp³-hybridized carbons (Fsp3) is 0.293. The monoisotopic (exact) mass is 1060 g/mol. The summed E-state index contributed by atoms with van der Waals surface area (Å²) >= 11 is 0. The van der Waals surface area contributed by atoms with Crippen LogP contribution in [-0.4, -0.2) is 11.7 Å². The number of rotatable bonds is 10. The lowest BCUT2D eigenvalue weighted by molar-refractivity contribution is 0.332. The lowest BCUT2D eigenvalue weighted by atomic mass is 9.63. The molecular formula is C75H80N4O. The van der Waals surface area contributed by atoms with Crippen molar-refractivity contribution in [3.63, 3.8) is 0 Å². The van der Waals surface area contributed by atoms with Crippen molar-refractivity contribution in [2.45, 2.75) is 137 Å². The molecule has 1 aliphatic carbocycles. The zero-order valence-corrected chi connectivity index (χ0v) is 48.6. The van der Waals surface area contributed by atoms with Gasteiger partial charge in [0.2, 0.25) is 0 Å². The molecule has 0 bridgehead atoms. The molecule has 1 N–H and O–H groups in total. The lowest BCUT2D eigenvalue weighted by Crippen LogP contribution is -2.33. The summed E-state index contributed by atoms with van der Waals surface area (Å²) in [5.74, 6) is 1.07. The minimum Gasteiger partial charge on any atom is -0.457 e. The van der Waals surface area contributed by atoms with Gasteiger partial charge in [-0.3, -0.25) is 0 Å². The average Bonchev–Trinajstić information content (AvgIpc) is 1.36. The van der Waals surface area contributed by atoms with Gasteiger partial charge in [0, 0.05) is 50.0 Å². The maximum absolute atomic E-state index is 9.32. The Bertz CT molecular complexity index is 4380. The topological polar surface area (TPSA) is 40.6 Å². The van der Waals surface area contributed by atoms with Crippen LogP contribution in [0.5, 0.6) is 11.5 Å². The van der Waals surface area contributed by atoms with E-state index in [9.17, 15) is 5.48 Å². The van der Waals surface area contributed by atoms with Gasteiger partial charge < -0.3 is 19.9 Å². The number of anilines is 6. The molecule has 2 heterocycles. The molecule has 8 aromatic carbocycles. The molecule has 2 aliphatic rings. The molecule has 0 amide bonds. The van der Waals surface area contributed by atoms with E-state index in [0.29, 0.717) is 33.9 Å². The fourth-order valence-corrected chi connectivity index (χ4v) is 11.2. The van der Waals surface area contributed by atoms with E-state index < -0.39 is 37.1 Å². The average molecular weight is 1070 g/mol. The highest BCUT2D eigenvalue weighted by Gasteiger charge is 2.38. The van der Waals surface area contributed by atoms with E-state index in [0.717, 1.165) is 63.3 Å². The van der Waals surface area contributed by atoms with Gasteiger partial charge in [-0.05, 0) is 151 Å². The quantitative estimate of drug-likeness (QED) is 0.148. The number of benzene rings is 8. The summed E-state index contributed by atoms with van der Waals surface area (Å²) in [6, 6.07) is 37.8. The largest absolute Gasteiger partial charge is 0.457 e. The van der Waals surface area contributed by atoms with Gasteiger partial charge in [-0.1, -0.05) is 217 Å². The van der Waals surface area contributed by atoms with E-state index >= 15 is 0 Å². The Morgan fingerprint density at radius 1 is 0.512 bits per heavy atom. The van der Waals surface area contributed by atoms with E-state index in [1.807, 2.05) is 48.5 Å². The van der Waals surface area contributed by atoms with Gasteiger partial charge in [-0.25, -0.2) is 4.98 Å². The molecule has 11 rings (SSSR count). The number of para-hydroxylation sites is 4. The van der Waals surface area contributed by atoms with Crippen LogP contribution in [0.25, 0.3) is 44.5 Å². The molecular weight excluding hydrogens is 973 g/mol. The van der Waals surface area contributed by atoms with Gasteiger partial charge in [0.05, 0.1) is 29.4 Å². The predicted molar refractivity (Wildman–Crippen MR) is 340 cm³/mol. The second kappa shape index (κ2) is 20.3. The highest BCUT2D eigenvalue weighted by Crippen LogP contribution is 2.52. The fourth-order valence-electron chi connectivity index (χ4n) is 11.2. The second-order valence-electron chi connectivity index (χ2n) is 26.1. The van der Waals surface area contributed by atoms with Crippen LogP contribution in [0, 0.1) is 6.85 Å². The summed E-state index contributed by atoms with van der Waals surface area (Å²) in [6.07, 6.45) is 3.55. The SMILES string of the molecule is [2H]c1c([2H])c([2H])c(-c2cccc(-c3cc(C(C)(C)C)cc(C(C)(C)C)c3)c2N2CN(c3cc(Oc4ccc(-c5c([2H])c([2H])c([2H])c([2H])c5Nc5cc(C([2H])([2H])[2H])c(-c6ccc7c(c6)C(C)(C)CCC7(C)C)cn5)cc4)cc(C(C)(C)C)c3)c3ccccc32)c([2H])c1[2H]. The predicted octanol–water partition coefficient (Wildman–Crippen LogP) is 21.1. The molecule has 0 unspecified atom stereocenters. The van der Waals surface area contributed by atoms with Gasteiger partial charge in [0.15, 0.2) is 0 Å². The molecule has 80 heavy (non-hydrogen) atoms. The van der Waals surface area contributed by atoms with Crippen LogP contribution in [0.3, 0.4) is 0 Å². The second-order valence-corrected chi connectivity index (χ2v) is 26.1. The molecule has 0 radical (unpaired) electrons. The van der Waals surface area contributed by atoms with Crippen molar-refractivity contribution in [2.75, 3.05) is 21.8 Å². The molecule has 0 saturated heterocycles. The van der Waals surface area contributed by atoms with Crippen LogP contribution in [0.4, 0.5) is 34.3 Å². The van der Waals surface area contributed by atoms with Crippen molar-refractivity contribution < 1.29 is 21.2 Å². The smallest absolute Gasteiger partial charge is 0.130 e. The molecule has 0 spiro atoms. The van der Waals surface area contributed by atoms with Crippen molar-refractivity contribution in [3.8, 4) is 56.0 Å². The highest BCUT2D eigenvalue weighted by atomic mass is 16.5. The third-order valence-corrected chi connectivity index (χ3v) is 16.3. The Hall–Kier alpha value is -7.89. The summed E-state index contributed by atoms with van der Waals surface area (Å²) in [5.41, 5.74) is 12.1. The number of aryl methyl sites for hydroxylation is 1. The zero-order chi connectivity index (χ0) is 66.9. The van der Waals surface area contributed by atoms with Gasteiger partial charge in [-0.2, -0.15) is 0 Å². The van der Waals surface area contributed by atoms with Crippen molar-refractivity contribution >= 4 is 34.3 Å². The Morgan fingerprint density at radius 3 is 1.77 bits per heavy atom. The maximum Gasteiger partial charge on any atom is 0.130 e. The van der Waals surface area contributed by atoms with Crippen LogP contribution in [0.15, 0.2) is 188 Å². The summed E-state index contributed by atoms with van der Waals surface area (Å²) in [4.78, 5) is 9.09. The first-order valence-corrected chi connectivity index (χ1v) is 27.8. The molecule has 9 aromatic rings. The molecule has 406 valence electrons. The van der Waals surface area contributed by atoms with Crippen LogP contribution < -0.4 is 19.9 Å². The van der Waals surface area contributed by atoms with Crippen LogP contribution in [0.1, 0.15) is 153 Å². The molecule has 0 saturated carbocycles. The van der Waals surface area contributed by atoms with E-state index in [2.05, 4.69) is 154 Å². The Kier molecular flexibility index (Phi) is 10.5. The normalized spacial score (nSPS) is 17.2. The van der Waals surface area contributed by atoms with E-state index in [-0.39, 0.29) is 86.1 Å². The minimum absolute atomic E-state index is 0.0257.